The Morgan fingerprint density at radius 1 is 1.11 bits per heavy atom. The Morgan fingerprint density at radius 3 is 2.28 bits per heavy atom. The zero-order valence-corrected chi connectivity index (χ0v) is 11.2. The molecule has 0 radical (unpaired) electrons. The maximum absolute atomic E-state index is 8.72. The van der Waals surface area contributed by atoms with Gasteiger partial charge in [0, 0.05) is 17.1 Å². The lowest BCUT2D eigenvalue weighted by Crippen LogP contribution is -1.93. The van der Waals surface area contributed by atoms with Gasteiger partial charge in [-0.2, -0.15) is 5.26 Å². The number of rotatable bonds is 3. The van der Waals surface area contributed by atoms with Gasteiger partial charge in [0.05, 0.1) is 11.6 Å². The van der Waals surface area contributed by atoms with Gasteiger partial charge < -0.3 is 0 Å². The number of nitriles is 1. The van der Waals surface area contributed by atoms with Crippen LogP contribution in [-0.4, -0.2) is 9.97 Å². The van der Waals surface area contributed by atoms with E-state index in [0.717, 1.165) is 22.3 Å². The van der Waals surface area contributed by atoms with Gasteiger partial charge in [-0.3, -0.25) is 0 Å². The van der Waals surface area contributed by atoms with E-state index in [1.807, 2.05) is 44.2 Å². The minimum absolute atomic E-state index is 0.686. The summed E-state index contributed by atoms with van der Waals surface area (Å²) in [5, 5.41) is 9.52. The summed E-state index contributed by atoms with van der Waals surface area (Å²) in [4.78, 5) is 8.76. The third-order valence-corrected chi connectivity index (χ3v) is 3.33. The fourth-order valence-corrected chi connectivity index (χ4v) is 2.49. The molecule has 0 fully saturated rings. The first-order valence-electron chi connectivity index (χ1n) is 5.61. The first-order valence-corrected chi connectivity index (χ1v) is 6.60. The summed E-state index contributed by atoms with van der Waals surface area (Å²) in [6, 6.07) is 11.7. The van der Waals surface area contributed by atoms with E-state index in [-0.39, 0.29) is 0 Å². The zero-order valence-electron chi connectivity index (χ0n) is 10.3. The summed E-state index contributed by atoms with van der Waals surface area (Å²) in [6.45, 7) is 3.95. The second-order valence-electron chi connectivity index (χ2n) is 4.03. The largest absolute Gasteiger partial charge is 0.228 e. The molecule has 90 valence electrons. The van der Waals surface area contributed by atoms with Crippen molar-refractivity contribution in [3.63, 3.8) is 0 Å². The Kier molecular flexibility index (Phi) is 3.96. The maximum atomic E-state index is 8.72. The first-order chi connectivity index (χ1) is 8.67. The molecular weight excluding hydrogens is 242 g/mol. The van der Waals surface area contributed by atoms with Crippen LogP contribution in [0.2, 0.25) is 0 Å². The van der Waals surface area contributed by atoms with E-state index in [1.54, 1.807) is 11.8 Å². The van der Waals surface area contributed by atoms with Crippen molar-refractivity contribution < 1.29 is 0 Å². The first kappa shape index (κ1) is 12.6. The second-order valence-corrected chi connectivity index (χ2v) is 4.97. The number of aromatic nitrogens is 2. The van der Waals surface area contributed by atoms with Crippen LogP contribution in [-0.2, 0) is 5.75 Å². The fourth-order valence-electron chi connectivity index (χ4n) is 1.58. The Bertz CT molecular complexity index is 565. The number of benzene rings is 1. The summed E-state index contributed by atoms with van der Waals surface area (Å²) >= 11 is 1.61. The van der Waals surface area contributed by atoms with Crippen molar-refractivity contribution in [3.05, 3.63) is 52.8 Å². The summed E-state index contributed by atoms with van der Waals surface area (Å²) in [7, 11) is 0. The van der Waals surface area contributed by atoms with Gasteiger partial charge in [-0.25, -0.2) is 9.97 Å². The Morgan fingerprint density at radius 2 is 1.72 bits per heavy atom. The lowest BCUT2D eigenvalue weighted by molar-refractivity contribution is 0.902. The average Bonchev–Trinajstić information content (AvgIpc) is 2.36. The van der Waals surface area contributed by atoms with Crippen LogP contribution in [0.15, 0.2) is 35.5 Å². The predicted molar refractivity (Wildman–Crippen MR) is 72.2 cm³/mol. The van der Waals surface area contributed by atoms with Crippen LogP contribution in [0.25, 0.3) is 0 Å². The molecular formula is C14H13N3S. The SMILES string of the molecule is Cc1cc(C)nc(SCc2ccc(C#N)cc2)n1. The monoisotopic (exact) mass is 255 g/mol. The van der Waals surface area contributed by atoms with Gasteiger partial charge in [-0.15, -0.1) is 0 Å². The topological polar surface area (TPSA) is 49.6 Å². The van der Waals surface area contributed by atoms with Gasteiger partial charge in [0.15, 0.2) is 5.16 Å². The van der Waals surface area contributed by atoms with Gasteiger partial charge in [-0.05, 0) is 37.6 Å². The fraction of sp³-hybridized carbons (Fsp3) is 0.214. The standard InChI is InChI=1S/C14H13N3S/c1-10-7-11(2)17-14(16-10)18-9-13-5-3-12(8-15)4-6-13/h3-7H,9H2,1-2H3. The molecule has 0 atom stereocenters. The molecule has 0 aliphatic carbocycles. The Labute approximate surface area is 111 Å². The number of aryl methyl sites for hydroxylation is 2. The van der Waals surface area contributed by atoms with Gasteiger partial charge in [0.2, 0.25) is 0 Å². The number of nitrogens with zero attached hydrogens (tertiary/aromatic N) is 3. The Hall–Kier alpha value is -1.86. The van der Waals surface area contributed by atoms with Crippen molar-refractivity contribution in [2.75, 3.05) is 0 Å². The van der Waals surface area contributed by atoms with Crippen molar-refractivity contribution >= 4 is 11.8 Å². The van der Waals surface area contributed by atoms with Gasteiger partial charge in [0.1, 0.15) is 0 Å². The molecule has 0 bridgehead atoms. The van der Waals surface area contributed by atoms with Crippen molar-refractivity contribution in [2.45, 2.75) is 24.8 Å². The van der Waals surface area contributed by atoms with Crippen molar-refractivity contribution in [2.24, 2.45) is 0 Å². The van der Waals surface area contributed by atoms with Crippen molar-refractivity contribution in [1.82, 2.24) is 9.97 Å². The van der Waals surface area contributed by atoms with Crippen LogP contribution in [0, 0.1) is 25.2 Å². The van der Waals surface area contributed by atoms with Crippen LogP contribution in [0.5, 0.6) is 0 Å². The van der Waals surface area contributed by atoms with E-state index < -0.39 is 0 Å². The van der Waals surface area contributed by atoms with Crippen molar-refractivity contribution in [3.8, 4) is 6.07 Å². The van der Waals surface area contributed by atoms with Crippen molar-refractivity contribution in [1.29, 1.82) is 5.26 Å². The molecule has 0 aliphatic heterocycles. The smallest absolute Gasteiger partial charge is 0.188 e. The third-order valence-electron chi connectivity index (χ3n) is 2.41. The molecule has 0 saturated carbocycles. The molecule has 0 unspecified atom stereocenters. The van der Waals surface area contributed by atoms with Crippen LogP contribution in [0.4, 0.5) is 0 Å². The van der Waals surface area contributed by atoms with E-state index >= 15 is 0 Å². The van der Waals surface area contributed by atoms with E-state index in [0.29, 0.717) is 5.56 Å². The Balaban J connectivity index is 2.04. The molecule has 0 amide bonds. The van der Waals surface area contributed by atoms with Crippen LogP contribution < -0.4 is 0 Å². The molecule has 18 heavy (non-hydrogen) atoms. The summed E-state index contributed by atoms with van der Waals surface area (Å²) in [6.07, 6.45) is 0. The lowest BCUT2D eigenvalue weighted by atomic mass is 10.2. The van der Waals surface area contributed by atoms with Crippen LogP contribution >= 0.6 is 11.8 Å². The van der Waals surface area contributed by atoms with E-state index in [9.17, 15) is 0 Å². The predicted octanol–water partition coefficient (Wildman–Crippen LogP) is 3.26. The zero-order chi connectivity index (χ0) is 13.0. The lowest BCUT2D eigenvalue weighted by Gasteiger charge is -2.03. The third kappa shape index (κ3) is 3.31. The molecule has 4 heteroatoms. The molecule has 2 rings (SSSR count). The number of hydrogen-bond acceptors (Lipinski definition) is 4. The normalized spacial score (nSPS) is 10.1. The molecule has 2 aromatic rings. The highest BCUT2D eigenvalue weighted by atomic mass is 32.2. The molecule has 0 aliphatic rings. The summed E-state index contributed by atoms with van der Waals surface area (Å²) in [5.41, 5.74) is 3.84. The second kappa shape index (κ2) is 5.65. The molecule has 3 nitrogen and oxygen atoms in total. The molecule has 0 saturated heterocycles. The van der Waals surface area contributed by atoms with E-state index in [4.69, 9.17) is 5.26 Å². The van der Waals surface area contributed by atoms with E-state index in [1.165, 1.54) is 5.56 Å². The minimum atomic E-state index is 0.686. The van der Waals surface area contributed by atoms with Crippen LogP contribution in [0.1, 0.15) is 22.5 Å². The highest BCUT2D eigenvalue weighted by Gasteiger charge is 2.01. The summed E-state index contributed by atoms with van der Waals surface area (Å²) in [5.74, 6) is 0.814. The molecule has 0 N–H and O–H groups in total. The van der Waals surface area contributed by atoms with Gasteiger partial charge >= 0.3 is 0 Å². The van der Waals surface area contributed by atoms with Crippen LogP contribution in [0.3, 0.4) is 0 Å². The molecule has 1 heterocycles. The average molecular weight is 255 g/mol. The van der Waals surface area contributed by atoms with Gasteiger partial charge in [-0.1, -0.05) is 23.9 Å². The number of hydrogen-bond donors (Lipinski definition) is 0. The van der Waals surface area contributed by atoms with E-state index in [2.05, 4.69) is 16.0 Å². The highest BCUT2D eigenvalue weighted by molar-refractivity contribution is 7.98. The highest BCUT2D eigenvalue weighted by Crippen LogP contribution is 2.20. The van der Waals surface area contributed by atoms with Gasteiger partial charge in [0.25, 0.3) is 0 Å². The maximum Gasteiger partial charge on any atom is 0.188 e. The molecule has 1 aromatic carbocycles. The number of thioether (sulfide) groups is 1. The molecule has 1 aromatic heterocycles. The summed E-state index contributed by atoms with van der Waals surface area (Å²) < 4.78 is 0. The molecule has 0 spiro atoms. The quantitative estimate of drug-likeness (QED) is 0.624. The minimum Gasteiger partial charge on any atom is -0.228 e.